The molecule has 0 radical (unpaired) electrons. The number of oxazole rings is 1. The van der Waals surface area contributed by atoms with Gasteiger partial charge in [0, 0.05) is 0 Å². The van der Waals surface area contributed by atoms with E-state index in [0.29, 0.717) is 0 Å². The summed E-state index contributed by atoms with van der Waals surface area (Å²) in [6, 6.07) is -0.475. The zero-order valence-electron chi connectivity index (χ0n) is 5.98. The van der Waals surface area contributed by atoms with Gasteiger partial charge in [-0.1, -0.05) is 0 Å². The largest absolute Gasteiger partial charge is 0.427 e. The first kappa shape index (κ1) is 6.84. The van der Waals surface area contributed by atoms with Crippen molar-refractivity contribution in [3.63, 3.8) is 0 Å². The lowest BCUT2D eigenvalue weighted by molar-refractivity contribution is -0.116. The minimum Gasteiger partial charge on any atom is -0.427 e. The summed E-state index contributed by atoms with van der Waals surface area (Å²) in [5, 5.41) is 2.36. The summed E-state index contributed by atoms with van der Waals surface area (Å²) in [5.41, 5.74) is 0. The molecule has 1 aliphatic heterocycles. The van der Waals surface area contributed by atoms with Crippen LogP contribution in [0.1, 0.15) is 0 Å². The lowest BCUT2D eigenvalue weighted by Gasteiger charge is -2.05. The Morgan fingerprint density at radius 3 is 2.92 bits per heavy atom. The summed E-state index contributed by atoms with van der Waals surface area (Å²) in [5.74, 6) is -0.188. The van der Waals surface area contributed by atoms with E-state index in [-0.39, 0.29) is 18.3 Å². The monoisotopic (exact) mass is 167 g/mol. The van der Waals surface area contributed by atoms with Gasteiger partial charge in [0.1, 0.15) is 0 Å². The second kappa shape index (κ2) is 2.33. The molecule has 6 heteroatoms. The Hall–Kier alpha value is -1.85. The van der Waals surface area contributed by atoms with Gasteiger partial charge in [0.25, 0.3) is 5.91 Å². The van der Waals surface area contributed by atoms with Gasteiger partial charge in [-0.05, 0) is 0 Å². The van der Waals surface area contributed by atoms with Gasteiger partial charge in [-0.15, -0.1) is 0 Å². The summed E-state index contributed by atoms with van der Waals surface area (Å²) in [4.78, 5) is 26.5. The number of urea groups is 1. The highest BCUT2D eigenvalue weighted by Crippen LogP contribution is 2.14. The Labute approximate surface area is 67.2 Å². The van der Waals surface area contributed by atoms with Gasteiger partial charge in [-0.3, -0.25) is 4.79 Å². The molecule has 2 heterocycles. The number of imide groups is 1. The summed E-state index contributed by atoms with van der Waals surface area (Å²) >= 11 is 0. The van der Waals surface area contributed by atoms with E-state index >= 15 is 0 Å². The topological polar surface area (TPSA) is 75.4 Å². The van der Waals surface area contributed by atoms with Gasteiger partial charge in [0.05, 0.1) is 12.7 Å². The number of hydrogen-bond donors (Lipinski definition) is 1. The highest BCUT2D eigenvalue weighted by molar-refractivity contribution is 6.18. The Morgan fingerprint density at radius 2 is 2.42 bits per heavy atom. The van der Waals surface area contributed by atoms with Crippen LogP contribution in [-0.4, -0.2) is 23.5 Å². The molecular formula is C6H5N3O3. The van der Waals surface area contributed by atoms with Gasteiger partial charge >= 0.3 is 6.03 Å². The minimum atomic E-state index is -0.475. The minimum absolute atomic E-state index is 0.0134. The second-order valence-corrected chi connectivity index (χ2v) is 2.23. The molecule has 0 atom stereocenters. The lowest BCUT2D eigenvalue weighted by atomic mass is 10.5. The number of anilines is 1. The number of nitrogens with one attached hydrogen (secondary N) is 1. The zero-order valence-corrected chi connectivity index (χ0v) is 5.98. The number of carbonyl (C=O) groups excluding carboxylic acids is 2. The van der Waals surface area contributed by atoms with E-state index in [2.05, 4.69) is 10.3 Å². The van der Waals surface area contributed by atoms with Gasteiger partial charge < -0.3 is 9.73 Å². The predicted octanol–water partition coefficient (Wildman–Crippen LogP) is -0.269. The van der Waals surface area contributed by atoms with E-state index in [1.165, 1.54) is 6.20 Å². The van der Waals surface area contributed by atoms with Crippen LogP contribution < -0.4 is 10.2 Å². The second-order valence-electron chi connectivity index (χ2n) is 2.23. The SMILES string of the molecule is O=C1CNC(=O)N1c1cnco1. The van der Waals surface area contributed by atoms with E-state index in [1.807, 2.05) is 0 Å². The fourth-order valence-corrected chi connectivity index (χ4v) is 0.965. The highest BCUT2D eigenvalue weighted by atomic mass is 16.4. The summed E-state index contributed by atoms with van der Waals surface area (Å²) in [6.45, 7) is 0.0134. The molecule has 62 valence electrons. The Morgan fingerprint density at radius 1 is 1.58 bits per heavy atom. The van der Waals surface area contributed by atoms with E-state index < -0.39 is 6.03 Å². The molecular weight excluding hydrogens is 162 g/mol. The maximum Gasteiger partial charge on any atom is 0.331 e. The summed E-state index contributed by atoms with van der Waals surface area (Å²) in [7, 11) is 0. The van der Waals surface area contributed by atoms with Crippen LogP contribution in [0.5, 0.6) is 0 Å². The zero-order chi connectivity index (χ0) is 8.55. The first-order valence-corrected chi connectivity index (χ1v) is 3.28. The number of hydrogen-bond acceptors (Lipinski definition) is 4. The molecule has 1 N–H and O–H groups in total. The number of amides is 3. The normalized spacial score (nSPS) is 16.8. The van der Waals surface area contributed by atoms with Crippen LogP contribution in [0.4, 0.5) is 10.7 Å². The third-order valence-electron chi connectivity index (χ3n) is 1.48. The predicted molar refractivity (Wildman–Crippen MR) is 37.4 cm³/mol. The smallest absolute Gasteiger partial charge is 0.331 e. The average Bonchev–Trinajstić information content (AvgIpc) is 2.61. The van der Waals surface area contributed by atoms with Gasteiger partial charge in [0.2, 0.25) is 5.88 Å². The molecule has 3 amide bonds. The van der Waals surface area contributed by atoms with E-state index in [4.69, 9.17) is 4.42 Å². The first-order valence-electron chi connectivity index (χ1n) is 3.28. The van der Waals surface area contributed by atoms with Gasteiger partial charge in [-0.2, -0.15) is 4.90 Å². The molecule has 2 rings (SSSR count). The van der Waals surface area contributed by atoms with Crippen molar-refractivity contribution in [1.29, 1.82) is 0 Å². The molecule has 0 aliphatic carbocycles. The van der Waals surface area contributed by atoms with Crippen molar-refractivity contribution in [1.82, 2.24) is 10.3 Å². The van der Waals surface area contributed by atoms with Crippen molar-refractivity contribution >= 4 is 17.8 Å². The standard InChI is InChI=1S/C6H5N3O3/c10-4-1-8-6(11)9(4)5-2-7-3-12-5/h2-3H,1H2,(H,8,11). The average molecular weight is 167 g/mol. The van der Waals surface area contributed by atoms with Crippen molar-refractivity contribution < 1.29 is 14.0 Å². The summed E-state index contributed by atoms with van der Waals surface area (Å²) in [6.07, 6.45) is 2.47. The molecule has 0 aromatic carbocycles. The quantitative estimate of drug-likeness (QED) is 0.584. The molecule has 12 heavy (non-hydrogen) atoms. The van der Waals surface area contributed by atoms with Crippen molar-refractivity contribution in [2.24, 2.45) is 0 Å². The van der Waals surface area contributed by atoms with Crippen molar-refractivity contribution in [2.45, 2.75) is 0 Å². The Kier molecular flexibility index (Phi) is 1.33. The van der Waals surface area contributed by atoms with Crippen LogP contribution in [-0.2, 0) is 4.79 Å². The Balaban J connectivity index is 2.34. The van der Waals surface area contributed by atoms with E-state index in [9.17, 15) is 9.59 Å². The molecule has 1 fully saturated rings. The van der Waals surface area contributed by atoms with Crippen LogP contribution in [0, 0.1) is 0 Å². The van der Waals surface area contributed by atoms with Crippen LogP contribution in [0.2, 0.25) is 0 Å². The third kappa shape index (κ3) is 0.849. The van der Waals surface area contributed by atoms with Crippen molar-refractivity contribution in [3.05, 3.63) is 12.6 Å². The van der Waals surface area contributed by atoms with Crippen molar-refractivity contribution in [2.75, 3.05) is 11.4 Å². The van der Waals surface area contributed by atoms with Crippen LogP contribution in [0.15, 0.2) is 17.0 Å². The molecule has 1 aromatic heterocycles. The Bertz CT molecular complexity index is 303. The fourth-order valence-electron chi connectivity index (χ4n) is 0.965. The third-order valence-corrected chi connectivity index (χ3v) is 1.48. The van der Waals surface area contributed by atoms with E-state index in [1.54, 1.807) is 0 Å². The molecule has 0 spiro atoms. The van der Waals surface area contributed by atoms with Crippen LogP contribution in [0.25, 0.3) is 0 Å². The van der Waals surface area contributed by atoms with Gasteiger partial charge in [0.15, 0.2) is 6.39 Å². The fraction of sp³-hybridized carbons (Fsp3) is 0.167. The van der Waals surface area contributed by atoms with Crippen LogP contribution >= 0.6 is 0 Å². The molecule has 0 unspecified atom stereocenters. The van der Waals surface area contributed by atoms with E-state index in [0.717, 1.165) is 11.3 Å². The number of aromatic nitrogens is 1. The first-order chi connectivity index (χ1) is 5.79. The maximum absolute atomic E-state index is 11.0. The molecule has 1 aromatic rings. The number of nitrogens with zero attached hydrogens (tertiary/aromatic N) is 2. The molecule has 6 nitrogen and oxygen atoms in total. The lowest BCUT2D eigenvalue weighted by Crippen LogP contribution is -2.30. The van der Waals surface area contributed by atoms with Crippen LogP contribution in [0.3, 0.4) is 0 Å². The van der Waals surface area contributed by atoms with Crippen molar-refractivity contribution in [3.8, 4) is 0 Å². The molecule has 0 saturated carbocycles. The molecule has 0 bridgehead atoms. The maximum atomic E-state index is 11.0. The molecule has 1 aliphatic rings. The summed E-state index contributed by atoms with van der Waals surface area (Å²) < 4.78 is 4.79. The van der Waals surface area contributed by atoms with Gasteiger partial charge in [-0.25, -0.2) is 9.78 Å². The number of carbonyl (C=O) groups is 2. The molecule has 1 saturated heterocycles. The highest BCUT2D eigenvalue weighted by Gasteiger charge is 2.31. The number of rotatable bonds is 1.